The van der Waals surface area contributed by atoms with E-state index in [0.717, 1.165) is 33.8 Å². The maximum absolute atomic E-state index is 12.4. The molecule has 34 heavy (non-hydrogen) atoms. The van der Waals surface area contributed by atoms with Gasteiger partial charge in [-0.05, 0) is 12.1 Å². The van der Waals surface area contributed by atoms with Crippen LogP contribution in [0.5, 0.6) is 11.5 Å². The predicted octanol–water partition coefficient (Wildman–Crippen LogP) is 4.06. The molecule has 0 radical (unpaired) electrons. The van der Waals surface area contributed by atoms with E-state index in [1.165, 1.54) is 7.11 Å². The second-order valence-electron chi connectivity index (χ2n) is 9.05. The number of aliphatic imine (C=N–C) groups is 2. The molecule has 180 valence electrons. The highest BCUT2D eigenvalue weighted by molar-refractivity contribution is 5.87. The first-order valence-electron chi connectivity index (χ1n) is 11.2. The van der Waals surface area contributed by atoms with Gasteiger partial charge in [0.2, 0.25) is 11.6 Å². The zero-order chi connectivity index (χ0) is 24.3. The molecule has 2 aliphatic heterocycles. The van der Waals surface area contributed by atoms with Gasteiger partial charge in [0, 0.05) is 62.4 Å². The molecule has 0 aromatic heterocycles. The minimum absolute atomic E-state index is 0.127. The number of carbonyl (C=O) groups excluding carboxylic acids is 1. The number of para-hydroxylation sites is 1. The molecule has 0 spiro atoms. The number of ether oxygens (including phenoxy) is 5. The third kappa shape index (κ3) is 5.46. The Bertz CT molecular complexity index is 1120. The second-order valence-corrected chi connectivity index (χ2v) is 9.05. The smallest absolute Gasteiger partial charge is 0.332 e. The Labute approximate surface area is 199 Å². The summed E-state index contributed by atoms with van der Waals surface area (Å²) < 4.78 is 28.3. The SMILES string of the molecule is COC(=O)C(CN=Cc1cccc2c1OC(C)(C)OC2)N=Cc1cccc2c1COC(C)(C)O2. The fourth-order valence-corrected chi connectivity index (χ4v) is 3.70. The third-order valence-electron chi connectivity index (χ3n) is 5.51. The Morgan fingerprint density at radius 3 is 2.50 bits per heavy atom. The molecule has 4 rings (SSSR count). The van der Waals surface area contributed by atoms with Crippen LogP contribution < -0.4 is 9.47 Å². The van der Waals surface area contributed by atoms with Gasteiger partial charge in [-0.15, -0.1) is 0 Å². The molecule has 0 aliphatic carbocycles. The minimum Gasteiger partial charge on any atom is -0.467 e. The lowest BCUT2D eigenvalue weighted by molar-refractivity contribution is -0.180. The summed E-state index contributed by atoms with van der Waals surface area (Å²) in [5.74, 6) is -0.387. The van der Waals surface area contributed by atoms with Crippen LogP contribution in [0.25, 0.3) is 0 Å². The highest BCUT2D eigenvalue weighted by atomic mass is 16.7. The maximum atomic E-state index is 12.4. The number of hydrogen-bond acceptors (Lipinski definition) is 8. The Morgan fingerprint density at radius 2 is 1.71 bits per heavy atom. The third-order valence-corrected chi connectivity index (χ3v) is 5.51. The molecule has 8 nitrogen and oxygen atoms in total. The first-order chi connectivity index (χ1) is 16.2. The topological polar surface area (TPSA) is 87.9 Å². The molecule has 1 unspecified atom stereocenters. The number of esters is 1. The van der Waals surface area contributed by atoms with Crippen molar-refractivity contribution in [1.29, 1.82) is 0 Å². The Hall–Kier alpha value is -3.23. The van der Waals surface area contributed by atoms with E-state index >= 15 is 0 Å². The van der Waals surface area contributed by atoms with Crippen LogP contribution in [-0.4, -0.2) is 49.7 Å². The van der Waals surface area contributed by atoms with E-state index in [-0.39, 0.29) is 6.54 Å². The molecule has 0 saturated heterocycles. The van der Waals surface area contributed by atoms with Crippen molar-refractivity contribution in [3.8, 4) is 11.5 Å². The monoisotopic (exact) mass is 466 g/mol. The molecular formula is C26H30N2O6. The lowest BCUT2D eigenvalue weighted by atomic mass is 10.1. The Kier molecular flexibility index (Phi) is 6.72. The highest BCUT2D eigenvalue weighted by Gasteiger charge is 2.29. The number of fused-ring (bicyclic) bond motifs is 2. The lowest BCUT2D eigenvalue weighted by Crippen LogP contribution is -2.35. The molecule has 2 heterocycles. The van der Waals surface area contributed by atoms with Crippen molar-refractivity contribution >= 4 is 18.4 Å². The average molecular weight is 467 g/mol. The first-order valence-corrected chi connectivity index (χ1v) is 11.2. The van der Waals surface area contributed by atoms with Crippen LogP contribution in [-0.2, 0) is 32.2 Å². The van der Waals surface area contributed by atoms with Crippen LogP contribution >= 0.6 is 0 Å². The molecule has 1 atom stereocenters. The van der Waals surface area contributed by atoms with E-state index in [0.29, 0.717) is 13.2 Å². The van der Waals surface area contributed by atoms with Crippen molar-refractivity contribution in [3.63, 3.8) is 0 Å². The van der Waals surface area contributed by atoms with E-state index in [1.807, 2.05) is 64.1 Å². The number of benzene rings is 2. The molecule has 0 N–H and O–H groups in total. The van der Waals surface area contributed by atoms with Crippen LogP contribution in [0.3, 0.4) is 0 Å². The molecule has 8 heteroatoms. The second kappa shape index (κ2) is 9.56. The van der Waals surface area contributed by atoms with E-state index in [9.17, 15) is 4.79 Å². The number of nitrogens with zero attached hydrogens (tertiary/aromatic N) is 2. The van der Waals surface area contributed by atoms with Crippen molar-refractivity contribution in [2.75, 3.05) is 13.7 Å². The quantitative estimate of drug-likeness (QED) is 0.471. The van der Waals surface area contributed by atoms with E-state index in [4.69, 9.17) is 23.7 Å². The fraction of sp³-hybridized carbons (Fsp3) is 0.423. The van der Waals surface area contributed by atoms with E-state index in [1.54, 1.807) is 12.4 Å². The van der Waals surface area contributed by atoms with Crippen LogP contribution in [0.2, 0.25) is 0 Å². The van der Waals surface area contributed by atoms with Crippen LogP contribution in [0.4, 0.5) is 0 Å². The zero-order valence-corrected chi connectivity index (χ0v) is 20.2. The number of hydrogen-bond donors (Lipinski definition) is 0. The summed E-state index contributed by atoms with van der Waals surface area (Å²) >= 11 is 0. The molecule has 2 aromatic rings. The lowest BCUT2D eigenvalue weighted by Gasteiger charge is -2.33. The summed E-state index contributed by atoms with van der Waals surface area (Å²) in [5.41, 5.74) is 3.47. The van der Waals surface area contributed by atoms with Gasteiger partial charge in [0.15, 0.2) is 6.04 Å². The fourth-order valence-electron chi connectivity index (χ4n) is 3.70. The first kappa shape index (κ1) is 23.9. The molecule has 0 saturated carbocycles. The van der Waals surface area contributed by atoms with Gasteiger partial charge < -0.3 is 23.7 Å². The zero-order valence-electron chi connectivity index (χ0n) is 20.2. The number of methoxy groups -OCH3 is 1. The van der Waals surface area contributed by atoms with Crippen molar-refractivity contribution in [1.82, 2.24) is 0 Å². The molecule has 0 amide bonds. The van der Waals surface area contributed by atoms with Crippen LogP contribution in [0.15, 0.2) is 46.4 Å². The van der Waals surface area contributed by atoms with Crippen LogP contribution in [0.1, 0.15) is 49.9 Å². The van der Waals surface area contributed by atoms with E-state index < -0.39 is 23.6 Å². The van der Waals surface area contributed by atoms with Gasteiger partial charge >= 0.3 is 5.97 Å². The average Bonchev–Trinajstić information content (AvgIpc) is 2.79. The van der Waals surface area contributed by atoms with Crippen LogP contribution in [0, 0.1) is 0 Å². The molecule has 2 aliphatic rings. The molecule has 0 bridgehead atoms. The van der Waals surface area contributed by atoms with Crippen molar-refractivity contribution in [3.05, 3.63) is 58.7 Å². The summed E-state index contributed by atoms with van der Waals surface area (Å²) in [6.07, 6.45) is 3.34. The van der Waals surface area contributed by atoms with E-state index in [2.05, 4.69) is 9.98 Å². The van der Waals surface area contributed by atoms with Crippen molar-refractivity contribution in [2.45, 2.75) is 58.5 Å². The van der Waals surface area contributed by atoms with Gasteiger partial charge in [0.05, 0.1) is 26.9 Å². The maximum Gasteiger partial charge on any atom is 0.332 e. The summed E-state index contributed by atoms with van der Waals surface area (Å²) in [6.45, 7) is 8.45. The normalized spacial score (nSPS) is 19.1. The van der Waals surface area contributed by atoms with Gasteiger partial charge in [-0.2, -0.15) is 0 Å². The largest absolute Gasteiger partial charge is 0.467 e. The molecular weight excluding hydrogens is 436 g/mol. The standard InChI is InChI=1S/C26H30N2O6/c1-25(2)32-16-20-17(8-7-11-22(20)33-25)13-28-21(24(29)30-5)14-27-12-18-9-6-10-19-15-31-26(3,4)34-23(18)19/h6-13,21H,14-16H2,1-5H3. The Balaban J connectivity index is 1.52. The number of carbonyl (C=O) groups is 1. The van der Waals surface area contributed by atoms with Gasteiger partial charge in [-0.3, -0.25) is 9.98 Å². The van der Waals surface area contributed by atoms with Gasteiger partial charge in [-0.25, -0.2) is 4.79 Å². The molecule has 0 fully saturated rings. The molecule has 2 aromatic carbocycles. The summed E-state index contributed by atoms with van der Waals surface area (Å²) in [7, 11) is 1.34. The van der Waals surface area contributed by atoms with Crippen molar-refractivity contribution < 1.29 is 28.5 Å². The predicted molar refractivity (Wildman–Crippen MR) is 128 cm³/mol. The van der Waals surface area contributed by atoms with Gasteiger partial charge in [-0.1, -0.05) is 24.3 Å². The number of rotatable bonds is 6. The van der Waals surface area contributed by atoms with Crippen molar-refractivity contribution in [2.24, 2.45) is 9.98 Å². The highest BCUT2D eigenvalue weighted by Crippen LogP contribution is 2.34. The Morgan fingerprint density at radius 1 is 1.00 bits per heavy atom. The summed E-state index contributed by atoms with van der Waals surface area (Å²) in [4.78, 5) is 21.3. The van der Waals surface area contributed by atoms with Gasteiger partial charge in [0.1, 0.15) is 11.5 Å². The summed E-state index contributed by atoms with van der Waals surface area (Å²) in [6, 6.07) is 10.7. The minimum atomic E-state index is -0.792. The summed E-state index contributed by atoms with van der Waals surface area (Å²) in [5, 5.41) is 0. The van der Waals surface area contributed by atoms with Gasteiger partial charge in [0.25, 0.3) is 0 Å².